The van der Waals surface area contributed by atoms with Crippen LogP contribution in [0.4, 0.5) is 35.1 Å². The molecule has 17 rings (SSSR count). The van der Waals surface area contributed by atoms with Gasteiger partial charge in [-0.25, -0.2) is 35.1 Å². The first-order chi connectivity index (χ1) is 64.5. The molecule has 0 aromatic carbocycles. The van der Waals surface area contributed by atoms with Crippen molar-refractivity contribution in [1.82, 2.24) is 22.0 Å². The minimum Gasteiger partial charge on any atom is -0.396 e. The molecule has 10 aromatic rings. The smallest absolute Gasteiger partial charge is 0.250 e. The number of hydrogen-bond donors (Lipinski definition) is 6. The molecule has 6 saturated carbocycles. The van der Waals surface area contributed by atoms with Crippen LogP contribution in [0.5, 0.6) is 0 Å². The number of ether oxygens (including phenoxy) is 3. The number of alkyl halides is 8. The second-order valence-corrected chi connectivity index (χ2v) is 41.0. The van der Waals surface area contributed by atoms with E-state index in [4.69, 9.17) is 72.2 Å². The Morgan fingerprint density at radius 1 is 0.382 bits per heavy atom. The molecule has 0 radical (unpaired) electrons. The van der Waals surface area contributed by atoms with E-state index in [-0.39, 0.29) is 163 Å². The number of aromatic nitrogens is 5. The van der Waals surface area contributed by atoms with Gasteiger partial charge in [0.25, 0.3) is 17.8 Å². The Labute approximate surface area is 812 Å². The van der Waals surface area contributed by atoms with Gasteiger partial charge < -0.3 is 66.9 Å². The molecule has 7 aliphatic rings. The maximum Gasteiger partial charge on any atom is 0.250 e. The molecule has 11 heterocycles. The van der Waals surface area contributed by atoms with Crippen LogP contribution in [0.1, 0.15) is 331 Å². The van der Waals surface area contributed by atoms with Crippen molar-refractivity contribution in [3.8, 4) is 0 Å². The summed E-state index contributed by atoms with van der Waals surface area (Å²) in [4.78, 5) is 64.6. The second kappa shape index (κ2) is 45.3. The lowest BCUT2D eigenvalue weighted by molar-refractivity contribution is -0.127. The topological polar surface area (TPSA) is 256 Å². The third-order valence-corrected chi connectivity index (χ3v) is 30.1. The van der Waals surface area contributed by atoms with E-state index in [1.54, 1.807) is 59.1 Å². The summed E-state index contributed by atoms with van der Waals surface area (Å²) in [7, 11) is 0. The van der Waals surface area contributed by atoms with Gasteiger partial charge in [0.2, 0.25) is 5.92 Å². The van der Waals surface area contributed by atoms with Crippen LogP contribution in [-0.4, -0.2) is 180 Å². The number of hydrogen-bond acceptors (Lipinski definition) is 14. The molecule has 6 atom stereocenters. The quantitative estimate of drug-likeness (QED) is 0.0130. The lowest BCUT2D eigenvalue weighted by Crippen LogP contribution is -2.41. The Morgan fingerprint density at radius 2 is 0.706 bits per heavy atom. The van der Waals surface area contributed by atoms with Gasteiger partial charge in [0, 0.05) is 222 Å². The van der Waals surface area contributed by atoms with Crippen LogP contribution in [0.2, 0.25) is 25.1 Å². The van der Waals surface area contributed by atoms with Gasteiger partial charge in [0.15, 0.2) is 28.9 Å². The molecule has 1 aliphatic heterocycles. The second-order valence-electron chi connectivity index (χ2n) is 39.0. The average Bonchev–Trinajstić information content (AvgIpc) is 1.63. The van der Waals surface area contributed by atoms with Crippen molar-refractivity contribution in [3.63, 3.8) is 0 Å². The van der Waals surface area contributed by atoms with Crippen LogP contribution < -0.4 is 0 Å². The monoisotopic (exact) mass is 2000 g/mol. The largest absolute Gasteiger partial charge is 0.396 e. The highest BCUT2D eigenvalue weighted by Gasteiger charge is 2.49. The molecule has 0 bridgehead atoms. The van der Waals surface area contributed by atoms with Gasteiger partial charge in [-0.3, -0.25) is 24.0 Å². The number of rotatable bonds is 32. The van der Waals surface area contributed by atoms with E-state index in [9.17, 15) is 89.7 Å². The molecule has 742 valence electrons. The Kier molecular flexibility index (Phi) is 35.3. The Morgan fingerprint density at radius 3 is 1.03 bits per heavy atom. The van der Waals surface area contributed by atoms with Gasteiger partial charge in [-0.1, -0.05) is 84.2 Å². The maximum atomic E-state index is 13.7. The van der Waals surface area contributed by atoms with Gasteiger partial charge in [0.05, 0.1) is 101 Å². The predicted octanol–water partition coefficient (Wildman–Crippen LogP) is 24.9. The number of carbonyl (C=O) groups excluding carboxylic acids is 5. The zero-order valence-corrected chi connectivity index (χ0v) is 81.3. The van der Waals surface area contributed by atoms with Gasteiger partial charge >= 0.3 is 0 Å². The molecule has 10 aromatic heterocycles. The third-order valence-electron chi connectivity index (χ3n) is 28.5. The number of halogens is 13. The van der Waals surface area contributed by atoms with Crippen molar-refractivity contribution >= 4 is 115 Å². The van der Waals surface area contributed by atoms with Crippen molar-refractivity contribution < 1.29 is 104 Å². The molecular weight excluding hydrogens is 1870 g/mol. The van der Waals surface area contributed by atoms with Crippen LogP contribution in [-0.2, 0) is 33.5 Å². The lowest BCUT2D eigenvalue weighted by atomic mass is 9.76. The van der Waals surface area contributed by atoms with Gasteiger partial charge in [0.1, 0.15) is 0 Å². The van der Waals surface area contributed by atoms with E-state index in [1.165, 1.54) is 31.4 Å². The fraction of sp³-hybridized carbons (Fsp3) is 0.567. The minimum absolute atomic E-state index is 0.00144. The van der Waals surface area contributed by atoms with Crippen molar-refractivity contribution in [2.75, 3.05) is 46.2 Å². The predicted molar refractivity (Wildman–Crippen MR) is 512 cm³/mol. The van der Waals surface area contributed by atoms with E-state index >= 15 is 0 Å². The third kappa shape index (κ3) is 26.5. The highest BCUT2D eigenvalue weighted by atomic mass is 35.5. The van der Waals surface area contributed by atoms with Crippen molar-refractivity contribution in [2.45, 2.75) is 322 Å². The molecule has 19 nitrogen and oxygen atoms in total. The standard InChI is InChI=1S/C22H28ClNO2.C21H24ClF2NO3.2C21H26ClF2NO3.C19H22ClF2NO3/c1-15-5-3-10-22(26,14-15)11-9-20(25)17-13-19(16-6-2-7-16)24-12-4-8-18(23)21(17)24;22-16-3-1-9-25-17(14-5-10-28-12-14)11-15(19(16)25)18(26)4-8-20(27)6-2-7-21(23,24)13-20;1-2-28-12-7-15-13-16(19-17(22)5-3-11-25(15)19)18(26)6-10-20(27)8-4-9-21(23,24)14-20;1-2-28-13-6-15-14-16(19-17(22)4-3-12-25(15)19)18(26)5-7-20(27)8-10-21(23,24)11-9-20;20-15-3-1-9-23-13(5-10-24)11-14(17(15)23)16(25)4-8-18(26)6-2-7-19(21,22)12-18/h4,8,12-13,15-16,26H,2-3,5-7,9-11,14H2,1H3;1,3,9,11,14,27H,2,4-8,10,12-13H2;3,5,11,13,27H,2,4,6-10,12,14H2,1H3;3-4,12,14,27H,2,5-11,13H2,1H3;1,3,9,11,24,26H,2,4-8,10,12H2/t15-,22+;14?,20-;;;/m11.../s1. The van der Waals surface area contributed by atoms with Crippen molar-refractivity contribution in [1.29, 1.82) is 0 Å². The first-order valence-electron chi connectivity index (χ1n) is 48.1. The Bertz CT molecular complexity index is 5850. The first kappa shape index (κ1) is 106. The number of aliphatic hydroxyl groups excluding tert-OH is 1. The molecule has 6 N–H and O–H groups in total. The van der Waals surface area contributed by atoms with Crippen LogP contribution >= 0.6 is 58.0 Å². The number of aliphatic hydroxyl groups is 6. The Hall–Kier alpha value is -7.32. The number of ketones is 5. The summed E-state index contributed by atoms with van der Waals surface area (Å²) in [5.41, 5.74) is 4.23. The van der Waals surface area contributed by atoms with Gasteiger partial charge in [-0.05, 0) is 232 Å². The molecule has 32 heteroatoms. The summed E-state index contributed by atoms with van der Waals surface area (Å²) >= 11 is 31.8. The molecule has 6 aliphatic carbocycles. The zero-order valence-electron chi connectivity index (χ0n) is 77.5. The van der Waals surface area contributed by atoms with Crippen molar-refractivity contribution in [2.24, 2.45) is 5.92 Å². The highest BCUT2D eigenvalue weighted by Crippen LogP contribution is 2.49. The van der Waals surface area contributed by atoms with Crippen LogP contribution in [0.15, 0.2) is 122 Å². The summed E-state index contributed by atoms with van der Waals surface area (Å²) in [6.45, 7) is 9.54. The van der Waals surface area contributed by atoms with E-state index in [1.807, 2.05) is 88.2 Å². The number of carbonyl (C=O) groups is 5. The van der Waals surface area contributed by atoms with E-state index in [2.05, 4.69) is 17.4 Å². The molecule has 7 fully saturated rings. The minimum atomic E-state index is -2.88. The lowest BCUT2D eigenvalue weighted by Gasteiger charge is -2.36. The number of pyridine rings is 5. The summed E-state index contributed by atoms with van der Waals surface area (Å²) in [5, 5.41) is 64.7. The fourth-order valence-corrected chi connectivity index (χ4v) is 22.4. The van der Waals surface area contributed by atoms with E-state index in [0.29, 0.717) is 166 Å². The summed E-state index contributed by atoms with van der Waals surface area (Å²) in [6.07, 6.45) is 19.3. The van der Waals surface area contributed by atoms with E-state index < -0.39 is 71.0 Å². The average molecular weight is 2000 g/mol. The molecule has 0 spiro atoms. The summed E-state index contributed by atoms with van der Waals surface area (Å²) < 4.78 is 135. The molecule has 136 heavy (non-hydrogen) atoms. The zero-order chi connectivity index (χ0) is 97.9. The molecule has 0 amide bonds. The molecule has 1 saturated heterocycles. The van der Waals surface area contributed by atoms with Crippen LogP contribution in [0.3, 0.4) is 0 Å². The number of fused-ring (bicyclic) bond motifs is 5. The SMILES string of the molecule is CCOCCc1cc(C(=O)CCC2(O)CCC(F)(F)CC2)c2c(Cl)cccn12.CCOCCc1cc(C(=O)CCC2(O)CCCC(F)(F)C2)c2c(Cl)cccn12.C[C@@H]1CCC[C@](O)(CCC(=O)c2cc(C3CCC3)n3cccc(Cl)c23)C1.O=C(CCC1(O)CCCC(F)(F)C1)c1cc(CCO)n2cccc(Cl)c12.O=C(CC[C@]1(O)CCCC(F)(F)C1)c1cc(C2CCOC2)n2cccc(Cl)c12. The number of nitrogens with zero attached hydrogens (tertiary/aromatic N) is 5. The van der Waals surface area contributed by atoms with Crippen LogP contribution in [0, 0.1) is 5.92 Å². The Balaban J connectivity index is 0.000000144. The highest BCUT2D eigenvalue weighted by molar-refractivity contribution is 6.37. The molecular formula is C104H126Cl5F8N5O14. The van der Waals surface area contributed by atoms with Crippen LogP contribution in [0.25, 0.3) is 27.6 Å². The van der Waals surface area contributed by atoms with Gasteiger partial charge in [-0.15, -0.1) is 0 Å². The van der Waals surface area contributed by atoms with Crippen molar-refractivity contribution in [3.05, 3.63) is 203 Å². The maximum absolute atomic E-state index is 13.7. The summed E-state index contributed by atoms with van der Waals surface area (Å²) in [6, 6.07) is 27.1. The fourth-order valence-electron chi connectivity index (χ4n) is 21.1. The van der Waals surface area contributed by atoms with E-state index in [0.717, 1.165) is 59.5 Å². The first-order valence-corrected chi connectivity index (χ1v) is 50.0. The normalized spacial score (nSPS) is 23.4. The summed E-state index contributed by atoms with van der Waals surface area (Å²) in [5.74, 6) is -10.7. The number of Topliss-reactive ketones (excluding diaryl/α,β-unsaturated/α-hetero) is 5. The van der Waals surface area contributed by atoms with Gasteiger partial charge in [-0.2, -0.15) is 0 Å². The molecule has 3 unspecified atom stereocenters.